The van der Waals surface area contributed by atoms with E-state index in [-0.39, 0.29) is 0 Å². The van der Waals surface area contributed by atoms with Crippen molar-refractivity contribution >= 4 is 11.8 Å². The van der Waals surface area contributed by atoms with Crippen LogP contribution in [0.5, 0.6) is 0 Å². The third-order valence-corrected chi connectivity index (χ3v) is 2.31. The lowest BCUT2D eigenvalue weighted by Gasteiger charge is -2.00. The molecule has 0 aliphatic carbocycles. The normalized spacial score (nSPS) is 10.5. The molecule has 0 aromatic heterocycles. The molecule has 0 amide bonds. The first-order valence-corrected chi connectivity index (χ1v) is 5.63. The molecule has 1 nitrogen and oxygen atoms in total. The standard InChI is InChI=1S/C10H22ClN/c1-2-3-4-5-6-7-8-9-10-12-11/h12H,2-10H2,1H3. The minimum Gasteiger partial charge on any atom is -0.234 e. The summed E-state index contributed by atoms with van der Waals surface area (Å²) in [7, 11) is 0. The fraction of sp³-hybridized carbons (Fsp3) is 1.00. The van der Waals surface area contributed by atoms with Crippen LogP contribution in [0.25, 0.3) is 0 Å². The van der Waals surface area contributed by atoms with E-state index in [0.29, 0.717) is 0 Å². The molecule has 0 aliphatic rings. The fourth-order valence-corrected chi connectivity index (χ4v) is 1.46. The highest BCUT2D eigenvalue weighted by Crippen LogP contribution is 2.07. The summed E-state index contributed by atoms with van der Waals surface area (Å²) in [5.41, 5.74) is 0. The summed E-state index contributed by atoms with van der Waals surface area (Å²) in [6.07, 6.45) is 10.9. The summed E-state index contributed by atoms with van der Waals surface area (Å²) in [6, 6.07) is 0. The summed E-state index contributed by atoms with van der Waals surface area (Å²) >= 11 is 5.33. The Kier molecular flexibility index (Phi) is 11.5. The average Bonchev–Trinajstić information content (AvgIpc) is 2.10. The summed E-state index contributed by atoms with van der Waals surface area (Å²) in [4.78, 5) is 2.65. The van der Waals surface area contributed by atoms with Gasteiger partial charge in [0, 0.05) is 6.54 Å². The lowest BCUT2D eigenvalue weighted by atomic mass is 10.1. The Morgan fingerprint density at radius 2 is 1.33 bits per heavy atom. The molecule has 0 atom stereocenters. The van der Waals surface area contributed by atoms with Gasteiger partial charge in [-0.15, -0.1) is 0 Å². The quantitative estimate of drug-likeness (QED) is 0.431. The second kappa shape index (κ2) is 11.2. The van der Waals surface area contributed by atoms with Gasteiger partial charge in [0.15, 0.2) is 0 Å². The summed E-state index contributed by atoms with van der Waals surface area (Å²) in [5.74, 6) is 0. The predicted molar refractivity (Wildman–Crippen MR) is 56.5 cm³/mol. The number of hydrogen-bond donors (Lipinski definition) is 1. The van der Waals surface area contributed by atoms with Crippen molar-refractivity contribution in [2.24, 2.45) is 0 Å². The van der Waals surface area contributed by atoms with Gasteiger partial charge in [-0.05, 0) is 18.2 Å². The Bertz CT molecular complexity index is 66.2. The molecule has 0 aliphatic heterocycles. The van der Waals surface area contributed by atoms with E-state index in [9.17, 15) is 0 Å². The molecule has 0 unspecified atom stereocenters. The maximum Gasteiger partial charge on any atom is 0.0108 e. The maximum atomic E-state index is 5.33. The first-order valence-electron chi connectivity index (χ1n) is 5.25. The molecule has 0 radical (unpaired) electrons. The number of rotatable bonds is 9. The van der Waals surface area contributed by atoms with Crippen molar-refractivity contribution in [2.45, 2.75) is 58.3 Å². The Morgan fingerprint density at radius 1 is 0.833 bits per heavy atom. The Labute approximate surface area is 82.0 Å². The maximum absolute atomic E-state index is 5.33. The summed E-state index contributed by atoms with van der Waals surface area (Å²) in [5, 5.41) is 0. The third kappa shape index (κ3) is 10.2. The van der Waals surface area contributed by atoms with Crippen LogP contribution in [0.3, 0.4) is 0 Å². The molecule has 0 heterocycles. The van der Waals surface area contributed by atoms with Gasteiger partial charge in [0.1, 0.15) is 0 Å². The molecule has 0 saturated carbocycles. The minimum atomic E-state index is 0.955. The average molecular weight is 192 g/mol. The van der Waals surface area contributed by atoms with E-state index in [1.807, 2.05) is 0 Å². The first-order chi connectivity index (χ1) is 5.91. The molecule has 0 spiro atoms. The van der Waals surface area contributed by atoms with Crippen molar-refractivity contribution in [2.75, 3.05) is 6.54 Å². The van der Waals surface area contributed by atoms with Crippen LogP contribution >= 0.6 is 11.8 Å². The SMILES string of the molecule is CCCCCCCCCCNCl. The van der Waals surface area contributed by atoms with Crippen LogP contribution in [0.4, 0.5) is 0 Å². The van der Waals surface area contributed by atoms with Crippen molar-refractivity contribution in [3.8, 4) is 0 Å². The third-order valence-electron chi connectivity index (χ3n) is 2.12. The van der Waals surface area contributed by atoms with Crippen LogP contribution in [-0.2, 0) is 0 Å². The van der Waals surface area contributed by atoms with E-state index >= 15 is 0 Å². The highest BCUT2D eigenvalue weighted by molar-refractivity contribution is 6.13. The topological polar surface area (TPSA) is 12.0 Å². The van der Waals surface area contributed by atoms with Crippen LogP contribution in [0, 0.1) is 0 Å². The van der Waals surface area contributed by atoms with Crippen molar-refractivity contribution in [1.82, 2.24) is 4.84 Å². The van der Waals surface area contributed by atoms with Gasteiger partial charge in [0.25, 0.3) is 0 Å². The fourth-order valence-electron chi connectivity index (χ4n) is 1.33. The Hall–Kier alpha value is 0.250. The van der Waals surface area contributed by atoms with Gasteiger partial charge in [0.05, 0.1) is 0 Å². The molecule has 0 aromatic carbocycles. The highest BCUT2D eigenvalue weighted by atomic mass is 35.5. The van der Waals surface area contributed by atoms with Crippen LogP contribution in [0.1, 0.15) is 58.3 Å². The molecule has 0 aromatic rings. The molecule has 2 heteroatoms. The van der Waals surface area contributed by atoms with Gasteiger partial charge >= 0.3 is 0 Å². The second-order valence-corrected chi connectivity index (χ2v) is 3.63. The van der Waals surface area contributed by atoms with Crippen molar-refractivity contribution in [1.29, 1.82) is 0 Å². The van der Waals surface area contributed by atoms with Crippen LogP contribution < -0.4 is 4.84 Å². The second-order valence-electron chi connectivity index (χ2n) is 3.36. The molecule has 1 N–H and O–H groups in total. The van der Waals surface area contributed by atoms with Crippen LogP contribution in [-0.4, -0.2) is 6.54 Å². The zero-order valence-corrected chi connectivity index (χ0v) is 9.00. The minimum absolute atomic E-state index is 0.955. The van der Waals surface area contributed by atoms with Crippen molar-refractivity contribution in [3.63, 3.8) is 0 Å². The van der Waals surface area contributed by atoms with Gasteiger partial charge in [-0.1, -0.05) is 51.9 Å². The lowest BCUT2D eigenvalue weighted by Crippen LogP contribution is -1.99. The van der Waals surface area contributed by atoms with E-state index in [4.69, 9.17) is 11.8 Å². The first kappa shape index (κ1) is 12.2. The largest absolute Gasteiger partial charge is 0.234 e. The molecule has 12 heavy (non-hydrogen) atoms. The van der Waals surface area contributed by atoms with Crippen LogP contribution in [0.2, 0.25) is 0 Å². The van der Waals surface area contributed by atoms with Gasteiger partial charge in [-0.25, -0.2) is 4.84 Å². The molecule has 0 fully saturated rings. The van der Waals surface area contributed by atoms with E-state index in [0.717, 1.165) is 6.54 Å². The van der Waals surface area contributed by atoms with Gasteiger partial charge in [-0.3, -0.25) is 0 Å². The van der Waals surface area contributed by atoms with Gasteiger partial charge in [-0.2, -0.15) is 0 Å². The number of hydrogen-bond acceptors (Lipinski definition) is 1. The zero-order valence-electron chi connectivity index (χ0n) is 8.24. The monoisotopic (exact) mass is 191 g/mol. The van der Waals surface area contributed by atoms with Crippen LogP contribution in [0.15, 0.2) is 0 Å². The van der Waals surface area contributed by atoms with Gasteiger partial charge in [0.2, 0.25) is 0 Å². The number of nitrogens with one attached hydrogen (secondary N) is 1. The lowest BCUT2D eigenvalue weighted by molar-refractivity contribution is 0.574. The summed E-state index contributed by atoms with van der Waals surface area (Å²) in [6.45, 7) is 3.21. The van der Waals surface area contributed by atoms with Crippen molar-refractivity contribution < 1.29 is 0 Å². The molecule has 74 valence electrons. The van der Waals surface area contributed by atoms with E-state index in [2.05, 4.69) is 11.8 Å². The zero-order chi connectivity index (χ0) is 9.07. The molecule has 0 bridgehead atoms. The molecule has 0 saturated heterocycles. The summed E-state index contributed by atoms with van der Waals surface area (Å²) < 4.78 is 0. The van der Waals surface area contributed by atoms with E-state index < -0.39 is 0 Å². The molecule has 0 rings (SSSR count). The Morgan fingerprint density at radius 3 is 1.83 bits per heavy atom. The number of halogens is 1. The highest BCUT2D eigenvalue weighted by Gasteiger charge is 1.90. The predicted octanol–water partition coefficient (Wildman–Crippen LogP) is 3.87. The number of unbranched alkanes of at least 4 members (excludes halogenated alkanes) is 7. The molecular formula is C10H22ClN. The smallest absolute Gasteiger partial charge is 0.0108 e. The Balaban J connectivity index is 2.73. The van der Waals surface area contributed by atoms with Crippen molar-refractivity contribution in [3.05, 3.63) is 0 Å². The van der Waals surface area contributed by atoms with Gasteiger partial charge < -0.3 is 0 Å². The van der Waals surface area contributed by atoms with E-state index in [1.165, 1.54) is 51.4 Å². The van der Waals surface area contributed by atoms with E-state index in [1.54, 1.807) is 0 Å². The molecular weight excluding hydrogens is 170 g/mol.